The molecule has 98 valence electrons. The molecule has 3 rings (SSSR count). The minimum Gasteiger partial charge on any atom is -0.375 e. The number of hydrogen-bond donors (Lipinski definition) is 1. The summed E-state index contributed by atoms with van der Waals surface area (Å²) in [5, 5.41) is 0. The summed E-state index contributed by atoms with van der Waals surface area (Å²) in [5.41, 5.74) is 6.94. The van der Waals surface area contributed by atoms with Crippen LogP contribution < -0.4 is 5.73 Å². The fourth-order valence-electron chi connectivity index (χ4n) is 3.22. The largest absolute Gasteiger partial charge is 0.375 e. The molecule has 0 radical (unpaired) electrons. The van der Waals surface area contributed by atoms with Crippen LogP contribution in [0.2, 0.25) is 0 Å². The lowest BCUT2D eigenvalue weighted by molar-refractivity contribution is 0.0885. The molecule has 2 saturated heterocycles. The zero-order chi connectivity index (χ0) is 12.7. The third kappa shape index (κ3) is 2.15. The van der Waals surface area contributed by atoms with E-state index >= 15 is 0 Å². The molecule has 2 heterocycles. The number of halogens is 2. The van der Waals surface area contributed by atoms with Gasteiger partial charge in [0.15, 0.2) is 11.6 Å². The average molecular weight is 253 g/mol. The van der Waals surface area contributed by atoms with Gasteiger partial charge in [-0.2, -0.15) is 0 Å². The highest BCUT2D eigenvalue weighted by molar-refractivity contribution is 5.19. The molecule has 2 aliphatic heterocycles. The van der Waals surface area contributed by atoms with Crippen molar-refractivity contribution in [1.82, 2.24) is 0 Å². The van der Waals surface area contributed by atoms with E-state index in [1.807, 2.05) is 0 Å². The second-order valence-corrected chi connectivity index (χ2v) is 5.39. The molecule has 1 aromatic carbocycles. The SMILES string of the molecule is NC(Cc1ccc(F)c(F)c1)C1CC2CCC1O2. The summed E-state index contributed by atoms with van der Waals surface area (Å²) < 4.78 is 31.7. The van der Waals surface area contributed by atoms with E-state index in [0.29, 0.717) is 18.4 Å². The highest BCUT2D eigenvalue weighted by Gasteiger charge is 2.43. The van der Waals surface area contributed by atoms with Crippen molar-refractivity contribution < 1.29 is 13.5 Å². The van der Waals surface area contributed by atoms with Gasteiger partial charge in [-0.15, -0.1) is 0 Å². The molecular formula is C14H17F2NO. The number of ether oxygens (including phenoxy) is 1. The average Bonchev–Trinajstić information content (AvgIpc) is 2.96. The normalized spacial score (nSPS) is 31.8. The van der Waals surface area contributed by atoms with Crippen molar-refractivity contribution in [2.24, 2.45) is 11.7 Å². The predicted octanol–water partition coefficient (Wildman–Crippen LogP) is 2.40. The van der Waals surface area contributed by atoms with E-state index in [1.165, 1.54) is 6.07 Å². The Morgan fingerprint density at radius 3 is 2.72 bits per heavy atom. The molecule has 2 fully saturated rings. The molecule has 2 bridgehead atoms. The molecule has 0 aromatic heterocycles. The second kappa shape index (κ2) is 4.59. The zero-order valence-corrected chi connectivity index (χ0v) is 10.1. The van der Waals surface area contributed by atoms with Crippen LogP contribution in [0, 0.1) is 17.6 Å². The molecule has 0 saturated carbocycles. The summed E-state index contributed by atoms with van der Waals surface area (Å²) in [6.07, 6.45) is 4.45. The first-order valence-corrected chi connectivity index (χ1v) is 6.48. The van der Waals surface area contributed by atoms with E-state index in [0.717, 1.165) is 30.9 Å². The molecule has 4 unspecified atom stereocenters. The lowest BCUT2D eigenvalue weighted by atomic mass is 9.82. The van der Waals surface area contributed by atoms with Gasteiger partial charge in [0.05, 0.1) is 12.2 Å². The number of hydrogen-bond acceptors (Lipinski definition) is 2. The van der Waals surface area contributed by atoms with E-state index in [2.05, 4.69) is 0 Å². The van der Waals surface area contributed by atoms with Crippen LogP contribution >= 0.6 is 0 Å². The lowest BCUT2D eigenvalue weighted by Crippen LogP contribution is -2.38. The first-order valence-electron chi connectivity index (χ1n) is 6.48. The molecule has 0 aliphatic carbocycles. The van der Waals surface area contributed by atoms with Crippen molar-refractivity contribution in [2.75, 3.05) is 0 Å². The third-order valence-corrected chi connectivity index (χ3v) is 4.16. The number of nitrogens with two attached hydrogens (primary N) is 1. The van der Waals surface area contributed by atoms with Crippen LogP contribution in [-0.4, -0.2) is 18.2 Å². The van der Waals surface area contributed by atoms with Crippen molar-refractivity contribution in [2.45, 2.75) is 43.9 Å². The topological polar surface area (TPSA) is 35.2 Å². The van der Waals surface area contributed by atoms with Gasteiger partial charge in [-0.1, -0.05) is 6.07 Å². The Balaban J connectivity index is 1.67. The Hall–Kier alpha value is -1.00. The van der Waals surface area contributed by atoms with Gasteiger partial charge in [0.1, 0.15) is 0 Å². The first kappa shape index (κ1) is 12.1. The van der Waals surface area contributed by atoms with Crippen LogP contribution in [0.5, 0.6) is 0 Å². The molecule has 2 nitrogen and oxygen atoms in total. The van der Waals surface area contributed by atoms with Crippen molar-refractivity contribution in [3.63, 3.8) is 0 Å². The summed E-state index contributed by atoms with van der Waals surface area (Å²) in [5.74, 6) is -1.25. The Labute approximate surface area is 105 Å². The summed E-state index contributed by atoms with van der Waals surface area (Å²) in [6.45, 7) is 0. The monoisotopic (exact) mass is 253 g/mol. The number of fused-ring (bicyclic) bond motifs is 2. The molecule has 1 aromatic rings. The fraction of sp³-hybridized carbons (Fsp3) is 0.571. The number of rotatable bonds is 3. The predicted molar refractivity (Wildman–Crippen MR) is 64.0 cm³/mol. The minimum absolute atomic E-state index is 0.0369. The van der Waals surface area contributed by atoms with Crippen molar-refractivity contribution in [3.05, 3.63) is 35.4 Å². The molecular weight excluding hydrogens is 236 g/mol. The van der Waals surface area contributed by atoms with Crippen LogP contribution in [0.4, 0.5) is 8.78 Å². The highest BCUT2D eigenvalue weighted by Crippen LogP contribution is 2.40. The van der Waals surface area contributed by atoms with Gasteiger partial charge in [0, 0.05) is 12.0 Å². The highest BCUT2D eigenvalue weighted by atomic mass is 19.2. The lowest BCUT2D eigenvalue weighted by Gasteiger charge is -2.25. The van der Waals surface area contributed by atoms with E-state index in [4.69, 9.17) is 10.5 Å². The molecule has 0 spiro atoms. The summed E-state index contributed by atoms with van der Waals surface area (Å²) in [4.78, 5) is 0. The molecule has 2 aliphatic rings. The van der Waals surface area contributed by atoms with E-state index in [-0.39, 0.29) is 12.1 Å². The van der Waals surface area contributed by atoms with E-state index in [9.17, 15) is 8.78 Å². The summed E-state index contributed by atoms with van der Waals surface area (Å²) in [6, 6.07) is 3.97. The van der Waals surface area contributed by atoms with Crippen LogP contribution in [-0.2, 0) is 11.2 Å². The van der Waals surface area contributed by atoms with Gasteiger partial charge in [-0.05, 0) is 43.4 Å². The maximum absolute atomic E-state index is 13.1. The molecule has 2 N–H and O–H groups in total. The molecule has 4 heteroatoms. The molecule has 0 amide bonds. The minimum atomic E-state index is -0.810. The number of benzene rings is 1. The standard InChI is InChI=1S/C14H17F2NO/c15-11-3-1-8(5-12(11)16)6-13(17)10-7-9-2-4-14(10)18-9/h1,3,5,9-10,13-14H,2,4,6-7,17H2. The third-order valence-electron chi connectivity index (χ3n) is 4.16. The first-order chi connectivity index (χ1) is 8.63. The molecule has 4 atom stereocenters. The maximum atomic E-state index is 13.1. The Bertz CT molecular complexity index is 451. The van der Waals surface area contributed by atoms with Gasteiger partial charge in [-0.3, -0.25) is 0 Å². The van der Waals surface area contributed by atoms with Gasteiger partial charge >= 0.3 is 0 Å². The maximum Gasteiger partial charge on any atom is 0.159 e. The Morgan fingerprint density at radius 2 is 2.11 bits per heavy atom. The van der Waals surface area contributed by atoms with Gasteiger partial charge in [0.2, 0.25) is 0 Å². The van der Waals surface area contributed by atoms with Crippen LogP contribution in [0.1, 0.15) is 24.8 Å². The van der Waals surface area contributed by atoms with E-state index < -0.39 is 11.6 Å². The van der Waals surface area contributed by atoms with Crippen molar-refractivity contribution >= 4 is 0 Å². The van der Waals surface area contributed by atoms with Crippen molar-refractivity contribution in [3.8, 4) is 0 Å². The van der Waals surface area contributed by atoms with Crippen LogP contribution in [0.25, 0.3) is 0 Å². The summed E-state index contributed by atoms with van der Waals surface area (Å²) in [7, 11) is 0. The van der Waals surface area contributed by atoms with Gasteiger partial charge in [-0.25, -0.2) is 8.78 Å². The molecule has 18 heavy (non-hydrogen) atoms. The quantitative estimate of drug-likeness (QED) is 0.897. The Kier molecular flexibility index (Phi) is 3.08. The second-order valence-electron chi connectivity index (χ2n) is 5.39. The smallest absolute Gasteiger partial charge is 0.159 e. The summed E-state index contributed by atoms with van der Waals surface area (Å²) >= 11 is 0. The van der Waals surface area contributed by atoms with Gasteiger partial charge in [0.25, 0.3) is 0 Å². The zero-order valence-electron chi connectivity index (χ0n) is 10.1. The van der Waals surface area contributed by atoms with E-state index in [1.54, 1.807) is 6.07 Å². The van der Waals surface area contributed by atoms with Crippen LogP contribution in [0.15, 0.2) is 18.2 Å². The van der Waals surface area contributed by atoms with Crippen LogP contribution in [0.3, 0.4) is 0 Å². The van der Waals surface area contributed by atoms with Gasteiger partial charge < -0.3 is 10.5 Å². The van der Waals surface area contributed by atoms with Crippen molar-refractivity contribution in [1.29, 1.82) is 0 Å². The Morgan fingerprint density at radius 1 is 1.28 bits per heavy atom. The fourth-order valence-corrected chi connectivity index (χ4v) is 3.22.